The molecule has 1 aliphatic rings. The van der Waals surface area contributed by atoms with Crippen molar-refractivity contribution in [3.63, 3.8) is 0 Å². The molecule has 0 aromatic heterocycles. The van der Waals surface area contributed by atoms with E-state index in [1.54, 1.807) is 13.8 Å². The van der Waals surface area contributed by atoms with E-state index in [0.29, 0.717) is 37.8 Å². The van der Waals surface area contributed by atoms with Crippen molar-refractivity contribution in [3.8, 4) is 0 Å². The molecule has 0 radical (unpaired) electrons. The molecule has 6 nitrogen and oxygen atoms in total. The van der Waals surface area contributed by atoms with Crippen molar-refractivity contribution in [2.24, 2.45) is 0 Å². The molecule has 1 aromatic rings. The Bertz CT molecular complexity index is 703. The molecule has 0 bridgehead atoms. The van der Waals surface area contributed by atoms with Crippen molar-refractivity contribution in [1.29, 1.82) is 0 Å². The summed E-state index contributed by atoms with van der Waals surface area (Å²) in [6.45, 7) is 5.36. The molecule has 1 unspecified atom stereocenters. The topological polar surface area (TPSA) is 66.9 Å². The molecule has 0 aliphatic carbocycles. The van der Waals surface area contributed by atoms with Gasteiger partial charge in [0.1, 0.15) is 6.04 Å². The zero-order chi connectivity index (χ0) is 17.9. The number of hydrogen-bond acceptors (Lipinski definition) is 5. The Morgan fingerprint density at radius 1 is 1.21 bits per heavy atom. The van der Waals surface area contributed by atoms with Crippen molar-refractivity contribution in [2.75, 3.05) is 32.8 Å². The minimum Gasteiger partial charge on any atom is -0.465 e. The third kappa shape index (κ3) is 4.21. The van der Waals surface area contributed by atoms with E-state index < -0.39 is 10.0 Å². The van der Waals surface area contributed by atoms with Crippen LogP contribution in [0.2, 0.25) is 10.0 Å². The molecular weight excluding hydrogens is 375 g/mol. The monoisotopic (exact) mass is 394 g/mol. The lowest BCUT2D eigenvalue weighted by atomic mass is 10.2. The predicted molar refractivity (Wildman–Crippen MR) is 92.9 cm³/mol. The zero-order valence-corrected chi connectivity index (χ0v) is 15.9. The summed E-state index contributed by atoms with van der Waals surface area (Å²) >= 11 is 11.7. The minimum absolute atomic E-state index is 0.115. The number of sulfonamides is 1. The van der Waals surface area contributed by atoms with Crippen LogP contribution < -0.4 is 0 Å². The minimum atomic E-state index is -3.63. The van der Waals surface area contributed by atoms with Crippen LogP contribution >= 0.6 is 23.2 Å². The summed E-state index contributed by atoms with van der Waals surface area (Å²) in [5, 5.41) is 0.510. The van der Waals surface area contributed by atoms with E-state index in [0.717, 1.165) is 0 Å². The fourth-order valence-corrected chi connectivity index (χ4v) is 4.34. The second-order valence-electron chi connectivity index (χ2n) is 5.44. The van der Waals surface area contributed by atoms with Gasteiger partial charge in [0, 0.05) is 26.2 Å². The quantitative estimate of drug-likeness (QED) is 0.716. The fraction of sp³-hybridized carbons (Fsp3) is 0.533. The maximum atomic E-state index is 12.7. The first-order valence-electron chi connectivity index (χ1n) is 7.63. The Morgan fingerprint density at radius 3 is 2.38 bits per heavy atom. The molecule has 1 aromatic carbocycles. The van der Waals surface area contributed by atoms with Crippen molar-refractivity contribution in [3.05, 3.63) is 28.2 Å². The second-order valence-corrected chi connectivity index (χ2v) is 8.20. The Morgan fingerprint density at radius 2 is 1.83 bits per heavy atom. The fourth-order valence-electron chi connectivity index (χ4n) is 2.53. The molecule has 24 heavy (non-hydrogen) atoms. The summed E-state index contributed by atoms with van der Waals surface area (Å²) in [6.07, 6.45) is 0. The molecule has 0 saturated carbocycles. The normalized spacial score (nSPS) is 18.3. The van der Waals surface area contributed by atoms with Crippen LogP contribution in [0.3, 0.4) is 0 Å². The number of nitrogens with zero attached hydrogens (tertiary/aromatic N) is 2. The highest BCUT2D eigenvalue weighted by Crippen LogP contribution is 2.27. The molecule has 1 saturated heterocycles. The number of rotatable bonds is 5. The molecule has 2 rings (SSSR count). The lowest BCUT2D eigenvalue weighted by Crippen LogP contribution is -2.53. The van der Waals surface area contributed by atoms with Gasteiger partial charge in [-0.1, -0.05) is 23.2 Å². The van der Waals surface area contributed by atoms with Gasteiger partial charge >= 0.3 is 5.97 Å². The van der Waals surface area contributed by atoms with Crippen LogP contribution in [-0.4, -0.2) is 62.4 Å². The van der Waals surface area contributed by atoms with Gasteiger partial charge in [0.15, 0.2) is 0 Å². The summed E-state index contributed by atoms with van der Waals surface area (Å²) in [5.74, 6) is -0.293. The molecule has 134 valence electrons. The molecule has 9 heteroatoms. The molecule has 0 N–H and O–H groups in total. The van der Waals surface area contributed by atoms with Gasteiger partial charge in [-0.25, -0.2) is 8.42 Å². The first-order valence-corrected chi connectivity index (χ1v) is 9.83. The van der Waals surface area contributed by atoms with Crippen LogP contribution in [-0.2, 0) is 19.6 Å². The van der Waals surface area contributed by atoms with E-state index in [-0.39, 0.29) is 21.9 Å². The average molecular weight is 395 g/mol. The Labute approximate surface area is 152 Å². The van der Waals surface area contributed by atoms with Gasteiger partial charge in [-0.3, -0.25) is 9.69 Å². The number of halogens is 2. The summed E-state index contributed by atoms with van der Waals surface area (Å²) in [5.41, 5.74) is 0. The van der Waals surface area contributed by atoms with Gasteiger partial charge < -0.3 is 4.74 Å². The Balaban J connectivity index is 2.05. The number of carbonyl (C=O) groups excluding carboxylic acids is 1. The largest absolute Gasteiger partial charge is 0.465 e. The summed E-state index contributed by atoms with van der Waals surface area (Å²) in [4.78, 5) is 13.8. The molecular formula is C15H20Cl2N2O4S. The molecule has 1 aliphatic heterocycles. The van der Waals surface area contributed by atoms with Crippen LogP contribution in [0.5, 0.6) is 0 Å². The van der Waals surface area contributed by atoms with Gasteiger partial charge in [0.2, 0.25) is 10.0 Å². The van der Waals surface area contributed by atoms with Crippen molar-refractivity contribution < 1.29 is 17.9 Å². The number of benzene rings is 1. The van der Waals surface area contributed by atoms with Crippen LogP contribution in [0.1, 0.15) is 13.8 Å². The number of piperazine rings is 1. The highest BCUT2D eigenvalue weighted by molar-refractivity contribution is 7.89. The zero-order valence-electron chi connectivity index (χ0n) is 13.5. The van der Waals surface area contributed by atoms with Gasteiger partial charge in [-0.05, 0) is 32.0 Å². The van der Waals surface area contributed by atoms with Gasteiger partial charge in [-0.2, -0.15) is 4.31 Å². The number of ether oxygens (including phenoxy) is 1. The van der Waals surface area contributed by atoms with Crippen LogP contribution in [0.15, 0.2) is 23.1 Å². The van der Waals surface area contributed by atoms with Crippen LogP contribution in [0.25, 0.3) is 0 Å². The molecule has 1 heterocycles. The second kappa shape index (κ2) is 8.01. The molecule has 1 atom stereocenters. The molecule has 1 fully saturated rings. The number of carbonyl (C=O) groups is 1. The van der Waals surface area contributed by atoms with Crippen molar-refractivity contribution in [1.82, 2.24) is 9.21 Å². The van der Waals surface area contributed by atoms with E-state index in [1.165, 1.54) is 22.5 Å². The summed E-state index contributed by atoms with van der Waals surface area (Å²) < 4.78 is 31.8. The van der Waals surface area contributed by atoms with E-state index in [2.05, 4.69) is 0 Å². The predicted octanol–water partition coefficient (Wildman–Crippen LogP) is 2.25. The first kappa shape index (κ1) is 19.5. The lowest BCUT2D eigenvalue weighted by Gasteiger charge is -2.36. The lowest BCUT2D eigenvalue weighted by molar-refractivity contribution is -0.149. The van der Waals surface area contributed by atoms with E-state index in [9.17, 15) is 13.2 Å². The Kier molecular flexibility index (Phi) is 6.50. The SMILES string of the molecule is CCOC(=O)C(C)N1CCN(S(=O)(=O)c2ccc(Cl)c(Cl)c2)CC1. The van der Waals surface area contributed by atoms with Crippen molar-refractivity contribution in [2.45, 2.75) is 24.8 Å². The third-order valence-electron chi connectivity index (χ3n) is 3.98. The first-order chi connectivity index (χ1) is 11.3. The summed E-state index contributed by atoms with van der Waals surface area (Å²) in [7, 11) is -3.63. The number of hydrogen-bond donors (Lipinski definition) is 0. The van der Waals surface area contributed by atoms with Crippen LogP contribution in [0.4, 0.5) is 0 Å². The maximum absolute atomic E-state index is 12.7. The molecule has 0 spiro atoms. The van der Waals surface area contributed by atoms with E-state index >= 15 is 0 Å². The highest BCUT2D eigenvalue weighted by Gasteiger charge is 2.32. The maximum Gasteiger partial charge on any atom is 0.323 e. The average Bonchev–Trinajstić information content (AvgIpc) is 2.57. The van der Waals surface area contributed by atoms with E-state index in [4.69, 9.17) is 27.9 Å². The highest BCUT2D eigenvalue weighted by atomic mass is 35.5. The summed E-state index contributed by atoms with van der Waals surface area (Å²) in [6, 6.07) is 3.87. The third-order valence-corrected chi connectivity index (χ3v) is 6.61. The number of esters is 1. The van der Waals surface area contributed by atoms with Gasteiger partial charge in [-0.15, -0.1) is 0 Å². The Hall–Kier alpha value is -0.860. The van der Waals surface area contributed by atoms with Crippen LogP contribution in [0, 0.1) is 0 Å². The van der Waals surface area contributed by atoms with Gasteiger partial charge in [0.25, 0.3) is 0 Å². The van der Waals surface area contributed by atoms with Gasteiger partial charge in [0.05, 0.1) is 21.5 Å². The standard InChI is InChI=1S/C15H20Cl2N2O4S/c1-3-23-15(20)11(2)18-6-8-19(9-7-18)24(21,22)12-4-5-13(16)14(17)10-12/h4-5,10-11H,3,6-9H2,1-2H3. The van der Waals surface area contributed by atoms with Crippen molar-refractivity contribution >= 4 is 39.2 Å². The van der Waals surface area contributed by atoms with E-state index in [1.807, 2.05) is 4.90 Å². The molecule has 0 amide bonds. The smallest absolute Gasteiger partial charge is 0.323 e.